The quantitative estimate of drug-likeness (QED) is 0.0862. The van der Waals surface area contributed by atoms with Gasteiger partial charge in [0, 0.05) is 18.8 Å². The van der Waals surface area contributed by atoms with Crippen molar-refractivity contribution in [3.63, 3.8) is 0 Å². The minimum atomic E-state index is -1.07. The third-order valence-corrected chi connectivity index (χ3v) is 5.08. The molecular formula is C21H38N2NaO6+. The Hall–Kier alpha value is -0.930. The zero-order valence-electron chi connectivity index (χ0n) is 18.6. The number of quaternary nitrogens is 1. The number of nitrogens with zero attached hydrogens (tertiary/aromatic N) is 1. The molecule has 0 saturated heterocycles. The monoisotopic (exact) mass is 437 g/mol. The average molecular weight is 438 g/mol. The zero-order valence-corrected chi connectivity index (χ0v) is 20.6. The molecule has 8 nitrogen and oxygen atoms in total. The number of aliphatic carboxylic acids is 2. The summed E-state index contributed by atoms with van der Waals surface area (Å²) in [6, 6.07) is 0. The van der Waals surface area contributed by atoms with Crippen LogP contribution in [0, 0.1) is 0 Å². The maximum Gasteiger partial charge on any atom is 1.00 e. The molecule has 0 aliphatic rings. The third-order valence-electron chi connectivity index (χ3n) is 5.08. The van der Waals surface area contributed by atoms with E-state index in [2.05, 4.69) is 11.9 Å². The normalized spacial score (nSPS) is 12.4. The van der Waals surface area contributed by atoms with Crippen molar-refractivity contribution in [2.45, 2.75) is 64.2 Å². The number of hydrogen-bond acceptors (Lipinski definition) is 5. The van der Waals surface area contributed by atoms with Gasteiger partial charge in [0.25, 0.3) is 0 Å². The first kappa shape index (κ1) is 31.3. The molecule has 30 heavy (non-hydrogen) atoms. The third kappa shape index (κ3) is 17.9. The first-order chi connectivity index (χ1) is 13.8. The van der Waals surface area contributed by atoms with Gasteiger partial charge >= 0.3 is 35.5 Å². The second-order valence-electron chi connectivity index (χ2n) is 7.52. The van der Waals surface area contributed by atoms with Crippen LogP contribution < -0.4 is 40.0 Å². The molecule has 1 unspecified atom stereocenters. The van der Waals surface area contributed by atoms with Crippen molar-refractivity contribution in [1.82, 2.24) is 5.32 Å². The van der Waals surface area contributed by atoms with Crippen molar-refractivity contribution in [2.75, 3.05) is 39.3 Å². The van der Waals surface area contributed by atoms with E-state index in [1.807, 2.05) is 6.08 Å². The predicted molar refractivity (Wildman–Crippen MR) is 109 cm³/mol. The molecule has 0 fully saturated rings. The molecular weight excluding hydrogens is 399 g/mol. The molecule has 0 aliphatic carbocycles. The molecule has 0 aromatic rings. The summed E-state index contributed by atoms with van der Waals surface area (Å²) in [6.07, 6.45) is 7.47. The van der Waals surface area contributed by atoms with Crippen LogP contribution in [-0.4, -0.2) is 71.9 Å². The molecule has 0 spiro atoms. The molecule has 168 valence electrons. The summed E-state index contributed by atoms with van der Waals surface area (Å²) in [6.45, 7) is 6.59. The van der Waals surface area contributed by atoms with Gasteiger partial charge in [0.1, 0.15) is 6.54 Å². The van der Waals surface area contributed by atoms with Gasteiger partial charge in [-0.15, -0.1) is 6.58 Å². The number of carbonyl (C=O) groups excluding carboxylic acids is 2. The van der Waals surface area contributed by atoms with E-state index >= 15 is 0 Å². The Morgan fingerprint density at radius 2 is 1.50 bits per heavy atom. The van der Waals surface area contributed by atoms with Crippen LogP contribution in [0.3, 0.4) is 0 Å². The number of carboxylic acid groups (broad SMARTS) is 2. The fourth-order valence-electron chi connectivity index (χ4n) is 3.42. The topological polar surface area (TPSA) is 127 Å². The summed E-state index contributed by atoms with van der Waals surface area (Å²) < 4.78 is 0.542. The van der Waals surface area contributed by atoms with Gasteiger partial charge in [-0.05, 0) is 51.4 Å². The fourth-order valence-corrected chi connectivity index (χ4v) is 3.42. The van der Waals surface area contributed by atoms with Crippen molar-refractivity contribution < 1.29 is 63.7 Å². The van der Waals surface area contributed by atoms with E-state index < -0.39 is 11.9 Å². The number of amides is 1. The second kappa shape index (κ2) is 20.0. The largest absolute Gasteiger partial charge is 1.00 e. The summed E-state index contributed by atoms with van der Waals surface area (Å²) in [5, 5.41) is 31.9. The van der Waals surface area contributed by atoms with Gasteiger partial charge in [0.2, 0.25) is 5.91 Å². The maximum absolute atomic E-state index is 12.0. The number of nitrogens with one attached hydrogen (secondary N) is 1. The molecule has 0 aromatic heterocycles. The van der Waals surface area contributed by atoms with Gasteiger partial charge in [0.15, 0.2) is 0 Å². The molecule has 1 amide bonds. The Kier molecular flexibility index (Phi) is 20.8. The van der Waals surface area contributed by atoms with Gasteiger partial charge in [-0.2, -0.15) is 0 Å². The molecule has 0 radical (unpaired) electrons. The molecule has 0 saturated carbocycles. The number of allylic oxidation sites excluding steroid dienone is 1. The van der Waals surface area contributed by atoms with Crippen LogP contribution in [0.5, 0.6) is 0 Å². The summed E-state index contributed by atoms with van der Waals surface area (Å²) in [5.74, 6) is -1.91. The molecule has 9 heteroatoms. The van der Waals surface area contributed by atoms with Gasteiger partial charge in [-0.25, -0.2) is 0 Å². The van der Waals surface area contributed by atoms with Crippen molar-refractivity contribution in [1.29, 1.82) is 0 Å². The molecule has 3 N–H and O–H groups in total. The van der Waals surface area contributed by atoms with Gasteiger partial charge in [-0.3, -0.25) is 9.59 Å². The van der Waals surface area contributed by atoms with E-state index in [9.17, 15) is 24.6 Å². The number of hydrogen-bond donors (Lipinski definition) is 3. The van der Waals surface area contributed by atoms with E-state index in [0.717, 1.165) is 19.3 Å². The first-order valence-corrected chi connectivity index (χ1v) is 10.6. The maximum atomic E-state index is 12.0. The SMILES string of the molecule is C=CCCCCC(=O)NCC[N+](CCO)(CCCCC(=O)[O-])CCCCC(=O)O.[Na+]. The Labute approximate surface area is 202 Å². The number of carboxylic acids is 2. The summed E-state index contributed by atoms with van der Waals surface area (Å²) in [7, 11) is 0. The van der Waals surface area contributed by atoms with Gasteiger partial charge < -0.3 is 29.9 Å². The van der Waals surface area contributed by atoms with Crippen LogP contribution in [0.15, 0.2) is 12.7 Å². The average Bonchev–Trinajstić information content (AvgIpc) is 2.66. The molecule has 0 rings (SSSR count). The van der Waals surface area contributed by atoms with Crippen molar-refractivity contribution in [3.8, 4) is 0 Å². The second-order valence-corrected chi connectivity index (χ2v) is 7.52. The van der Waals surface area contributed by atoms with E-state index in [1.165, 1.54) is 0 Å². The Bertz CT molecular complexity index is 480. The van der Waals surface area contributed by atoms with Gasteiger partial charge in [-0.1, -0.05) is 6.08 Å². The zero-order chi connectivity index (χ0) is 22.0. The number of aliphatic hydroxyl groups is 1. The van der Waals surface area contributed by atoms with Crippen LogP contribution >= 0.6 is 0 Å². The van der Waals surface area contributed by atoms with Crippen LogP contribution in [0.1, 0.15) is 64.2 Å². The van der Waals surface area contributed by atoms with Crippen LogP contribution in [-0.2, 0) is 14.4 Å². The van der Waals surface area contributed by atoms with Crippen LogP contribution in [0.25, 0.3) is 0 Å². The van der Waals surface area contributed by atoms with E-state index in [4.69, 9.17) is 5.11 Å². The number of unbranched alkanes of at least 4 members (excludes halogenated alkanes) is 4. The summed E-state index contributed by atoms with van der Waals surface area (Å²) in [5.41, 5.74) is 0. The van der Waals surface area contributed by atoms with E-state index in [0.29, 0.717) is 69.3 Å². The van der Waals surface area contributed by atoms with E-state index in [-0.39, 0.29) is 54.9 Å². The molecule has 0 aliphatic heterocycles. The summed E-state index contributed by atoms with van der Waals surface area (Å²) in [4.78, 5) is 33.4. The Balaban J connectivity index is 0. The first-order valence-electron chi connectivity index (χ1n) is 10.6. The van der Waals surface area contributed by atoms with Crippen molar-refractivity contribution in [3.05, 3.63) is 12.7 Å². The molecule has 0 heterocycles. The van der Waals surface area contributed by atoms with E-state index in [1.54, 1.807) is 0 Å². The smallest absolute Gasteiger partial charge is 0.550 e. The number of aliphatic hydroxyl groups excluding tert-OH is 1. The summed E-state index contributed by atoms with van der Waals surface area (Å²) >= 11 is 0. The minimum Gasteiger partial charge on any atom is -0.550 e. The van der Waals surface area contributed by atoms with Crippen LogP contribution in [0.2, 0.25) is 0 Å². The van der Waals surface area contributed by atoms with Crippen molar-refractivity contribution >= 4 is 17.8 Å². The predicted octanol–water partition coefficient (Wildman–Crippen LogP) is -2.16. The molecule has 0 bridgehead atoms. The Morgan fingerprint density at radius 3 is 2.03 bits per heavy atom. The minimum absolute atomic E-state index is 0. The number of rotatable bonds is 20. The standard InChI is InChI=1S/C21H38N2O6.Na/c1-2-3-4-5-10-19(25)22-13-16-23(17-18-24,14-8-6-11-20(26)27)15-9-7-12-21(28)29;/h2,24H,1,3-18H2,(H2-,22,25,26,27,28,29);/q;+1. The Morgan fingerprint density at radius 1 is 0.900 bits per heavy atom. The molecule has 0 aromatic carbocycles. The number of carbonyl (C=O) groups is 3. The van der Waals surface area contributed by atoms with Crippen molar-refractivity contribution in [2.24, 2.45) is 0 Å². The van der Waals surface area contributed by atoms with Gasteiger partial charge in [0.05, 0.1) is 32.8 Å². The molecule has 1 atom stereocenters. The fraction of sp³-hybridized carbons (Fsp3) is 0.762. The van der Waals surface area contributed by atoms with Crippen LogP contribution in [0.4, 0.5) is 0 Å².